The second-order valence-electron chi connectivity index (χ2n) is 8.03. The summed E-state index contributed by atoms with van der Waals surface area (Å²) in [6, 6.07) is 16.4. The second kappa shape index (κ2) is 8.81. The number of nitrogens with one attached hydrogen (secondary N) is 2. The third kappa shape index (κ3) is 4.41. The van der Waals surface area contributed by atoms with Gasteiger partial charge in [-0.1, -0.05) is 30.3 Å². The lowest BCUT2D eigenvalue weighted by Crippen LogP contribution is -2.44. The van der Waals surface area contributed by atoms with Crippen LogP contribution in [0.5, 0.6) is 11.5 Å². The molecule has 2 aromatic carbocycles. The molecule has 1 saturated heterocycles. The van der Waals surface area contributed by atoms with E-state index in [0.717, 1.165) is 43.8 Å². The van der Waals surface area contributed by atoms with E-state index in [0.29, 0.717) is 30.2 Å². The van der Waals surface area contributed by atoms with Crippen molar-refractivity contribution in [2.45, 2.75) is 25.4 Å². The zero-order valence-electron chi connectivity index (χ0n) is 17.3. The SMILES string of the molecule is O=C(NC1CCN(Cc2ccccc2)CC1)c1cn[nH]c1-c1ccc2c(c1)OCCO2. The van der Waals surface area contributed by atoms with Crippen LogP contribution in [0.25, 0.3) is 11.3 Å². The fourth-order valence-electron chi connectivity index (χ4n) is 4.22. The number of piperidine rings is 1. The maximum Gasteiger partial charge on any atom is 0.255 e. The monoisotopic (exact) mass is 418 g/mol. The molecule has 1 fully saturated rings. The molecule has 0 atom stereocenters. The Morgan fingerprint density at radius 1 is 1.06 bits per heavy atom. The number of carbonyl (C=O) groups excluding carboxylic acids is 1. The number of rotatable bonds is 5. The first-order valence-electron chi connectivity index (χ1n) is 10.8. The second-order valence-corrected chi connectivity index (χ2v) is 8.03. The first-order chi connectivity index (χ1) is 15.3. The van der Waals surface area contributed by atoms with Gasteiger partial charge in [-0.3, -0.25) is 14.8 Å². The lowest BCUT2D eigenvalue weighted by molar-refractivity contribution is 0.0909. The van der Waals surface area contributed by atoms with Crippen LogP contribution in [0.2, 0.25) is 0 Å². The van der Waals surface area contributed by atoms with E-state index in [1.165, 1.54) is 5.56 Å². The number of aromatic nitrogens is 2. The van der Waals surface area contributed by atoms with Crippen LogP contribution in [-0.4, -0.2) is 53.3 Å². The highest BCUT2D eigenvalue weighted by molar-refractivity contribution is 6.00. The van der Waals surface area contributed by atoms with Crippen molar-refractivity contribution in [2.75, 3.05) is 26.3 Å². The topological polar surface area (TPSA) is 79.5 Å². The highest BCUT2D eigenvalue weighted by atomic mass is 16.6. The fourth-order valence-corrected chi connectivity index (χ4v) is 4.22. The Hall–Kier alpha value is -3.32. The summed E-state index contributed by atoms with van der Waals surface area (Å²) < 4.78 is 11.3. The number of amides is 1. The average molecular weight is 418 g/mol. The third-order valence-corrected chi connectivity index (χ3v) is 5.89. The van der Waals surface area contributed by atoms with Gasteiger partial charge in [0, 0.05) is 31.2 Å². The zero-order chi connectivity index (χ0) is 21.0. The van der Waals surface area contributed by atoms with Gasteiger partial charge in [-0.2, -0.15) is 5.10 Å². The minimum Gasteiger partial charge on any atom is -0.486 e. The molecule has 7 heteroatoms. The highest BCUT2D eigenvalue weighted by Crippen LogP contribution is 2.34. The summed E-state index contributed by atoms with van der Waals surface area (Å²) in [5.41, 5.74) is 3.41. The van der Waals surface area contributed by atoms with E-state index in [4.69, 9.17) is 9.47 Å². The van der Waals surface area contributed by atoms with Gasteiger partial charge in [-0.25, -0.2) is 0 Å². The van der Waals surface area contributed by atoms with Crippen molar-refractivity contribution >= 4 is 5.91 Å². The zero-order valence-corrected chi connectivity index (χ0v) is 17.3. The number of ether oxygens (including phenoxy) is 2. The Morgan fingerprint density at radius 2 is 1.84 bits per heavy atom. The lowest BCUT2D eigenvalue weighted by Gasteiger charge is -2.32. The quantitative estimate of drug-likeness (QED) is 0.665. The number of hydrogen-bond acceptors (Lipinski definition) is 5. The Labute approximate surface area is 181 Å². The maximum absolute atomic E-state index is 13.0. The number of nitrogens with zero attached hydrogens (tertiary/aromatic N) is 2. The van der Waals surface area contributed by atoms with Crippen molar-refractivity contribution in [3.63, 3.8) is 0 Å². The van der Waals surface area contributed by atoms with Crippen molar-refractivity contribution in [3.8, 4) is 22.8 Å². The molecular formula is C24H26N4O3. The molecule has 5 rings (SSSR count). The summed E-state index contributed by atoms with van der Waals surface area (Å²) in [7, 11) is 0. The number of benzene rings is 2. The van der Waals surface area contributed by atoms with Gasteiger partial charge in [-0.15, -0.1) is 0 Å². The minimum absolute atomic E-state index is 0.0971. The number of H-pyrrole nitrogens is 1. The van der Waals surface area contributed by atoms with E-state index in [1.54, 1.807) is 6.20 Å². The van der Waals surface area contributed by atoms with E-state index >= 15 is 0 Å². The summed E-state index contributed by atoms with van der Waals surface area (Å²) in [5, 5.41) is 10.3. The van der Waals surface area contributed by atoms with Gasteiger partial charge in [-0.05, 0) is 36.6 Å². The van der Waals surface area contributed by atoms with Gasteiger partial charge >= 0.3 is 0 Å². The molecule has 1 amide bonds. The Morgan fingerprint density at radius 3 is 2.65 bits per heavy atom. The average Bonchev–Trinajstić information content (AvgIpc) is 3.31. The predicted molar refractivity (Wildman–Crippen MR) is 117 cm³/mol. The van der Waals surface area contributed by atoms with E-state index in [9.17, 15) is 4.79 Å². The molecule has 2 aliphatic rings. The van der Waals surface area contributed by atoms with Crippen LogP contribution in [0.4, 0.5) is 0 Å². The standard InChI is InChI=1S/C24H26N4O3/c29-24(26-19-8-10-28(11-9-19)16-17-4-2-1-3-5-17)20-15-25-27-23(20)18-6-7-21-22(14-18)31-13-12-30-21/h1-7,14-15,19H,8-13,16H2,(H,25,27)(H,26,29). The molecule has 0 bridgehead atoms. The van der Waals surface area contributed by atoms with Crippen LogP contribution in [0, 0.1) is 0 Å². The molecule has 160 valence electrons. The van der Waals surface area contributed by atoms with Crippen LogP contribution in [-0.2, 0) is 6.54 Å². The summed E-state index contributed by atoms with van der Waals surface area (Å²) in [4.78, 5) is 15.4. The third-order valence-electron chi connectivity index (χ3n) is 5.89. The molecule has 2 aliphatic heterocycles. The fraction of sp³-hybridized carbons (Fsp3) is 0.333. The Balaban J connectivity index is 1.21. The van der Waals surface area contributed by atoms with Crippen LogP contribution in [0.3, 0.4) is 0 Å². The highest BCUT2D eigenvalue weighted by Gasteiger charge is 2.24. The summed E-state index contributed by atoms with van der Waals surface area (Å²) >= 11 is 0. The van der Waals surface area contributed by atoms with Gasteiger partial charge in [0.15, 0.2) is 11.5 Å². The molecule has 0 unspecified atom stereocenters. The van der Waals surface area contributed by atoms with E-state index in [1.807, 2.05) is 24.3 Å². The first-order valence-corrected chi connectivity index (χ1v) is 10.8. The molecule has 0 aliphatic carbocycles. The number of carbonyl (C=O) groups is 1. The molecule has 0 spiro atoms. The smallest absolute Gasteiger partial charge is 0.255 e. The normalized spacial score (nSPS) is 16.8. The number of fused-ring (bicyclic) bond motifs is 1. The number of hydrogen-bond donors (Lipinski definition) is 2. The molecule has 3 aromatic rings. The van der Waals surface area contributed by atoms with Crippen molar-refractivity contribution in [1.82, 2.24) is 20.4 Å². The van der Waals surface area contributed by atoms with Crippen molar-refractivity contribution in [1.29, 1.82) is 0 Å². The van der Waals surface area contributed by atoms with Crippen LogP contribution in [0.1, 0.15) is 28.8 Å². The van der Waals surface area contributed by atoms with Crippen LogP contribution < -0.4 is 14.8 Å². The Kier molecular flexibility index (Phi) is 5.58. The molecule has 31 heavy (non-hydrogen) atoms. The predicted octanol–water partition coefficient (Wildman–Crippen LogP) is 3.24. The van der Waals surface area contributed by atoms with E-state index in [2.05, 4.69) is 44.7 Å². The molecular weight excluding hydrogens is 392 g/mol. The van der Waals surface area contributed by atoms with Gasteiger partial charge in [0.25, 0.3) is 5.91 Å². The van der Waals surface area contributed by atoms with Crippen molar-refractivity contribution < 1.29 is 14.3 Å². The van der Waals surface area contributed by atoms with Crippen LogP contribution in [0.15, 0.2) is 54.7 Å². The maximum atomic E-state index is 13.0. The van der Waals surface area contributed by atoms with Gasteiger partial charge in [0.1, 0.15) is 13.2 Å². The van der Waals surface area contributed by atoms with Gasteiger partial charge in [0.2, 0.25) is 0 Å². The van der Waals surface area contributed by atoms with Gasteiger partial charge in [0.05, 0.1) is 17.5 Å². The van der Waals surface area contributed by atoms with Crippen molar-refractivity contribution in [3.05, 3.63) is 65.9 Å². The summed E-state index contributed by atoms with van der Waals surface area (Å²) in [6.45, 7) is 3.97. The van der Waals surface area contributed by atoms with E-state index < -0.39 is 0 Å². The van der Waals surface area contributed by atoms with Crippen molar-refractivity contribution in [2.24, 2.45) is 0 Å². The first kappa shape index (κ1) is 19.6. The minimum atomic E-state index is -0.0971. The van der Waals surface area contributed by atoms with Crippen LogP contribution >= 0.6 is 0 Å². The summed E-state index contributed by atoms with van der Waals surface area (Å²) in [5.74, 6) is 1.32. The largest absolute Gasteiger partial charge is 0.486 e. The summed E-state index contributed by atoms with van der Waals surface area (Å²) in [6.07, 6.45) is 3.47. The number of aromatic amines is 1. The lowest BCUT2D eigenvalue weighted by atomic mass is 10.0. The molecule has 2 N–H and O–H groups in total. The van der Waals surface area contributed by atoms with E-state index in [-0.39, 0.29) is 11.9 Å². The Bertz CT molecular complexity index is 1040. The molecule has 7 nitrogen and oxygen atoms in total. The molecule has 1 aromatic heterocycles. The van der Waals surface area contributed by atoms with Gasteiger partial charge < -0.3 is 14.8 Å². The molecule has 0 saturated carbocycles. The molecule has 3 heterocycles. The molecule has 0 radical (unpaired) electrons. The number of likely N-dealkylation sites (tertiary alicyclic amines) is 1.